The fourth-order valence-electron chi connectivity index (χ4n) is 2.94. The van der Waals surface area contributed by atoms with E-state index in [1.807, 2.05) is 0 Å². The first kappa shape index (κ1) is 27.0. The maximum Gasteiger partial charge on any atom is 0.397 e. The lowest BCUT2D eigenvalue weighted by molar-refractivity contribution is -0.384. The van der Waals surface area contributed by atoms with Crippen LogP contribution in [-0.4, -0.2) is 56.7 Å². The fraction of sp³-hybridized carbons (Fsp3) is 0.111. The maximum atomic E-state index is 12.3. The molecule has 0 heterocycles. The van der Waals surface area contributed by atoms with Gasteiger partial charge in [0, 0.05) is 11.5 Å². The van der Waals surface area contributed by atoms with E-state index in [4.69, 9.17) is 4.55 Å². The van der Waals surface area contributed by atoms with Gasteiger partial charge in [0.2, 0.25) is 0 Å². The van der Waals surface area contributed by atoms with E-state index in [2.05, 4.69) is 14.4 Å². The summed E-state index contributed by atoms with van der Waals surface area (Å²) >= 11 is 0. The molecule has 0 saturated heterocycles. The number of hydrogen-bond acceptors (Lipinski definition) is 12. The Labute approximate surface area is 203 Å². The maximum absolute atomic E-state index is 12.3. The normalized spacial score (nSPS) is 12.8. The van der Waals surface area contributed by atoms with E-state index < -0.39 is 74.6 Å². The summed E-state index contributed by atoms with van der Waals surface area (Å²) in [6.07, 6.45) is 0. The molecule has 18 heteroatoms. The number of nitro benzene ring substituents is 1. The van der Waals surface area contributed by atoms with Crippen molar-refractivity contribution < 1.29 is 48.6 Å². The second kappa shape index (κ2) is 9.84. The van der Waals surface area contributed by atoms with Gasteiger partial charge >= 0.3 is 10.4 Å². The molecule has 15 nitrogen and oxygen atoms in total. The molecule has 0 aliphatic heterocycles. The monoisotopic (exact) mass is 561 g/mol. The zero-order valence-electron chi connectivity index (χ0n) is 17.6. The molecule has 3 rings (SSSR count). The van der Waals surface area contributed by atoms with Crippen LogP contribution in [-0.2, 0) is 34.5 Å². The van der Waals surface area contributed by atoms with Crippen molar-refractivity contribution in [3.63, 3.8) is 0 Å². The van der Waals surface area contributed by atoms with Crippen LogP contribution in [0.2, 0.25) is 0 Å². The molecule has 0 bridgehead atoms. The van der Waals surface area contributed by atoms with Crippen molar-refractivity contribution in [3.05, 3.63) is 58.6 Å². The highest BCUT2D eigenvalue weighted by molar-refractivity contribution is 7.91. The van der Waals surface area contributed by atoms with E-state index in [1.165, 1.54) is 12.1 Å². The van der Waals surface area contributed by atoms with Gasteiger partial charge in [0.25, 0.3) is 15.8 Å². The minimum atomic E-state index is -4.88. The van der Waals surface area contributed by atoms with Crippen molar-refractivity contribution in [3.8, 4) is 5.75 Å². The third-order valence-electron chi connectivity index (χ3n) is 4.58. The first-order valence-corrected chi connectivity index (χ1v) is 13.8. The molecule has 0 unspecified atom stereocenters. The van der Waals surface area contributed by atoms with Crippen LogP contribution in [0.3, 0.4) is 0 Å². The van der Waals surface area contributed by atoms with Crippen molar-refractivity contribution in [1.82, 2.24) is 0 Å². The fourth-order valence-corrected chi connectivity index (χ4v) is 4.96. The van der Waals surface area contributed by atoms with Crippen LogP contribution in [0.4, 0.5) is 17.1 Å². The van der Waals surface area contributed by atoms with Gasteiger partial charge in [-0.2, -0.15) is 16.8 Å². The Morgan fingerprint density at radius 2 is 1.56 bits per heavy atom. The molecule has 192 valence electrons. The van der Waals surface area contributed by atoms with Gasteiger partial charge in [0.05, 0.1) is 27.1 Å². The Morgan fingerprint density at radius 1 is 0.889 bits per heavy atom. The SMILES string of the molecule is O=[N+]([O-])c1cc(S(=O)(=O)CCOS(=O)(=O)O)ccc1/N=N/c1c(O)ccc2cc(S(=O)(=O)O)ccc12. The molecule has 0 radical (unpaired) electrons. The van der Waals surface area contributed by atoms with Gasteiger partial charge in [-0.25, -0.2) is 12.6 Å². The first-order valence-electron chi connectivity index (χ1n) is 9.36. The van der Waals surface area contributed by atoms with Crippen LogP contribution < -0.4 is 0 Å². The Hall–Kier alpha value is -3.55. The number of phenolic OH excluding ortho intramolecular Hbond substituents is 1. The van der Waals surface area contributed by atoms with Crippen LogP contribution in [0.15, 0.2) is 68.6 Å². The highest BCUT2D eigenvalue weighted by Crippen LogP contribution is 2.38. The molecule has 0 aliphatic rings. The summed E-state index contributed by atoms with van der Waals surface area (Å²) in [5, 5.41) is 29.6. The average Bonchev–Trinajstić information content (AvgIpc) is 2.76. The van der Waals surface area contributed by atoms with Crippen LogP contribution in [0.5, 0.6) is 5.75 Å². The van der Waals surface area contributed by atoms with Gasteiger partial charge in [-0.1, -0.05) is 12.1 Å². The summed E-state index contributed by atoms with van der Waals surface area (Å²) < 4.78 is 90.2. The topological polar surface area (TPSA) is 240 Å². The second-order valence-electron chi connectivity index (χ2n) is 6.97. The zero-order chi connectivity index (χ0) is 26.9. The Kier molecular flexibility index (Phi) is 7.39. The van der Waals surface area contributed by atoms with Gasteiger partial charge in [-0.05, 0) is 35.7 Å². The summed E-state index contributed by atoms with van der Waals surface area (Å²) in [5.74, 6) is -1.33. The number of aromatic hydroxyl groups is 1. The third kappa shape index (κ3) is 6.36. The standard InChI is InChI=1S/C18H15N3O12S3/c22-17-6-1-11-9-13(35(27,28)29)2-4-14(11)18(17)20-19-15-5-3-12(10-16(15)21(23)24)34(25,26)8-7-33-36(30,31)32/h1-6,9-10,22H,7-8H2,(H,27,28,29)(H,30,31,32)/b20-19+. The Balaban J connectivity index is 2.00. The molecule has 0 spiro atoms. The van der Waals surface area contributed by atoms with Crippen LogP contribution >= 0.6 is 0 Å². The van der Waals surface area contributed by atoms with Crippen molar-refractivity contribution in [2.75, 3.05) is 12.4 Å². The van der Waals surface area contributed by atoms with Gasteiger partial charge in [0.15, 0.2) is 15.5 Å². The molecule has 3 N–H and O–H groups in total. The first-order chi connectivity index (χ1) is 16.6. The van der Waals surface area contributed by atoms with Crippen molar-refractivity contribution in [1.29, 1.82) is 0 Å². The van der Waals surface area contributed by atoms with Gasteiger partial charge in [0.1, 0.15) is 11.4 Å². The van der Waals surface area contributed by atoms with Gasteiger partial charge in [-0.3, -0.25) is 19.2 Å². The van der Waals surface area contributed by atoms with Crippen LogP contribution in [0.1, 0.15) is 0 Å². The second-order valence-corrected chi connectivity index (χ2v) is 11.6. The number of phenols is 1. The summed E-state index contributed by atoms with van der Waals surface area (Å²) in [7, 11) is -13.7. The smallest absolute Gasteiger partial charge is 0.397 e. The lowest BCUT2D eigenvalue weighted by atomic mass is 10.1. The van der Waals surface area contributed by atoms with Crippen molar-refractivity contribution in [2.45, 2.75) is 9.79 Å². The third-order valence-corrected chi connectivity index (χ3v) is 7.57. The molecule has 3 aromatic rings. The number of benzene rings is 3. The molecule has 0 amide bonds. The number of nitro groups is 1. The van der Waals surface area contributed by atoms with Gasteiger partial charge in [-0.15, -0.1) is 10.2 Å². The van der Waals surface area contributed by atoms with E-state index in [1.54, 1.807) is 0 Å². The molecule has 0 aliphatic carbocycles. The quantitative estimate of drug-likeness (QED) is 0.148. The molecule has 0 aromatic heterocycles. The van der Waals surface area contributed by atoms with E-state index in [-0.39, 0.29) is 16.5 Å². The molecule has 0 fully saturated rings. The number of rotatable bonds is 9. The lowest BCUT2D eigenvalue weighted by Gasteiger charge is -2.07. The highest BCUT2D eigenvalue weighted by atomic mass is 32.3. The van der Waals surface area contributed by atoms with Crippen molar-refractivity contribution in [2.24, 2.45) is 10.2 Å². The van der Waals surface area contributed by atoms with Crippen molar-refractivity contribution >= 4 is 58.2 Å². The number of sulfone groups is 1. The van der Waals surface area contributed by atoms with Crippen LogP contribution in [0, 0.1) is 10.1 Å². The van der Waals surface area contributed by atoms with E-state index in [0.29, 0.717) is 6.07 Å². The van der Waals surface area contributed by atoms with E-state index >= 15 is 0 Å². The van der Waals surface area contributed by atoms with Crippen LogP contribution in [0.25, 0.3) is 10.8 Å². The minimum Gasteiger partial charge on any atom is -0.506 e. The number of nitrogens with zero attached hydrogens (tertiary/aromatic N) is 3. The largest absolute Gasteiger partial charge is 0.506 e. The zero-order valence-corrected chi connectivity index (χ0v) is 20.1. The lowest BCUT2D eigenvalue weighted by Crippen LogP contribution is -2.15. The van der Waals surface area contributed by atoms with E-state index in [0.717, 1.165) is 30.3 Å². The van der Waals surface area contributed by atoms with Gasteiger partial charge < -0.3 is 5.11 Å². The molecule has 0 atom stereocenters. The summed E-state index contributed by atoms with van der Waals surface area (Å²) in [4.78, 5) is 9.59. The van der Waals surface area contributed by atoms with E-state index in [9.17, 15) is 45.0 Å². The Morgan fingerprint density at radius 3 is 2.17 bits per heavy atom. The molecule has 36 heavy (non-hydrogen) atoms. The summed E-state index contributed by atoms with van der Waals surface area (Å²) in [6.45, 7) is -0.934. The summed E-state index contributed by atoms with van der Waals surface area (Å²) in [5.41, 5.74) is -1.38. The Bertz CT molecular complexity index is 1720. The molecular formula is C18H15N3O12S3. The molecule has 3 aromatic carbocycles. The predicted molar refractivity (Wildman–Crippen MR) is 122 cm³/mol. The average molecular weight is 562 g/mol. The molecular weight excluding hydrogens is 546 g/mol. The number of azo groups is 1. The number of fused-ring (bicyclic) bond motifs is 1. The summed E-state index contributed by atoms with van der Waals surface area (Å²) in [6, 6.07) is 8.45. The predicted octanol–water partition coefficient (Wildman–Crippen LogP) is 2.71. The number of hydrogen-bond donors (Lipinski definition) is 3. The minimum absolute atomic E-state index is 0.187. The molecule has 0 saturated carbocycles. The highest BCUT2D eigenvalue weighted by Gasteiger charge is 2.23.